The molecule has 0 spiro atoms. The summed E-state index contributed by atoms with van der Waals surface area (Å²) in [7, 11) is 0. The van der Waals surface area contributed by atoms with E-state index in [1.54, 1.807) is 0 Å². The van der Waals surface area contributed by atoms with Crippen molar-refractivity contribution in [3.8, 4) is 0 Å². The molecule has 2 aliphatic rings. The number of benzene rings is 2. The molecule has 0 aromatic heterocycles. The molecule has 4 amide bonds. The van der Waals surface area contributed by atoms with Gasteiger partial charge >= 0.3 is 0 Å². The Morgan fingerprint density at radius 3 is 1.92 bits per heavy atom. The average Bonchev–Trinajstić information content (AvgIpc) is 3.36. The first kappa shape index (κ1) is 39.7. The van der Waals surface area contributed by atoms with Crippen molar-refractivity contribution in [2.75, 3.05) is 26.2 Å². The molecule has 0 aliphatic carbocycles. The van der Waals surface area contributed by atoms with Crippen molar-refractivity contribution >= 4 is 29.4 Å². The van der Waals surface area contributed by atoms with E-state index in [9.17, 15) is 24.0 Å². The molecular formula is C39H57N7O5. The van der Waals surface area contributed by atoms with Gasteiger partial charge in [-0.2, -0.15) is 0 Å². The molecule has 6 unspecified atom stereocenters. The maximum absolute atomic E-state index is 14.2. The Balaban J connectivity index is 1.49. The summed E-state index contributed by atoms with van der Waals surface area (Å²) < 4.78 is 0. The Hall–Kier alpha value is -4.13. The third-order valence-electron chi connectivity index (χ3n) is 9.95. The molecule has 4 rings (SSSR count). The molecule has 0 radical (unpaired) electrons. The molecule has 6 atom stereocenters. The summed E-state index contributed by atoms with van der Waals surface area (Å²) in [5, 5.41) is 5.95. The van der Waals surface area contributed by atoms with E-state index in [0.717, 1.165) is 24.0 Å². The van der Waals surface area contributed by atoms with Crippen molar-refractivity contribution in [3.63, 3.8) is 0 Å². The lowest BCUT2D eigenvalue weighted by Crippen LogP contribution is -2.61. The largest absolute Gasteiger partial charge is 0.369 e. The van der Waals surface area contributed by atoms with Crippen molar-refractivity contribution in [2.45, 2.75) is 102 Å². The molecule has 2 aliphatic heterocycles. The number of carbonyl (C=O) groups excluding carboxylic acids is 5. The predicted molar refractivity (Wildman–Crippen MR) is 197 cm³/mol. The van der Waals surface area contributed by atoms with Crippen LogP contribution in [0.4, 0.5) is 0 Å². The highest BCUT2D eigenvalue weighted by Gasteiger charge is 2.45. The van der Waals surface area contributed by atoms with Gasteiger partial charge in [0.2, 0.25) is 23.6 Å². The van der Waals surface area contributed by atoms with Gasteiger partial charge in [0.15, 0.2) is 5.78 Å². The molecule has 51 heavy (non-hydrogen) atoms. The summed E-state index contributed by atoms with van der Waals surface area (Å²) in [6.45, 7) is 5.72. The van der Waals surface area contributed by atoms with Gasteiger partial charge in [-0.3, -0.25) is 28.9 Å². The highest BCUT2D eigenvalue weighted by Crippen LogP contribution is 2.31. The van der Waals surface area contributed by atoms with Crippen LogP contribution in [0.5, 0.6) is 0 Å². The molecule has 2 aromatic rings. The minimum Gasteiger partial charge on any atom is -0.369 e. The third-order valence-corrected chi connectivity index (χ3v) is 9.95. The summed E-state index contributed by atoms with van der Waals surface area (Å²) >= 11 is 0. The van der Waals surface area contributed by atoms with E-state index in [2.05, 4.69) is 10.6 Å². The van der Waals surface area contributed by atoms with Gasteiger partial charge < -0.3 is 32.7 Å². The van der Waals surface area contributed by atoms with Crippen molar-refractivity contribution in [1.82, 2.24) is 20.4 Å². The summed E-state index contributed by atoms with van der Waals surface area (Å²) in [5.74, 6) is -2.21. The molecule has 2 fully saturated rings. The average molecular weight is 704 g/mol. The van der Waals surface area contributed by atoms with Gasteiger partial charge in [-0.15, -0.1) is 0 Å². The molecule has 8 N–H and O–H groups in total. The Bertz CT molecular complexity index is 1440. The second-order valence-electron chi connectivity index (χ2n) is 14.7. The van der Waals surface area contributed by atoms with Crippen LogP contribution in [0.15, 0.2) is 60.7 Å². The fourth-order valence-electron chi connectivity index (χ4n) is 7.49. The van der Waals surface area contributed by atoms with Crippen molar-refractivity contribution < 1.29 is 24.0 Å². The zero-order valence-corrected chi connectivity index (χ0v) is 30.2. The number of Topliss-reactive ketones (excluding diaryl/α,β-unsaturated/α-hetero) is 1. The van der Waals surface area contributed by atoms with Crippen LogP contribution in [0.25, 0.3) is 0 Å². The minimum atomic E-state index is -0.890. The minimum absolute atomic E-state index is 0.0619. The molecule has 2 saturated heterocycles. The van der Waals surface area contributed by atoms with Gasteiger partial charge in [0, 0.05) is 37.5 Å². The Labute approximate surface area is 302 Å². The highest BCUT2D eigenvalue weighted by atomic mass is 16.2. The zero-order chi connectivity index (χ0) is 36.9. The number of fused-ring (bicyclic) bond motifs is 2. The number of unbranched alkanes of at least 4 members (excludes halogenated alkanes) is 1. The lowest BCUT2D eigenvalue weighted by Gasteiger charge is -2.42. The van der Waals surface area contributed by atoms with E-state index in [4.69, 9.17) is 17.2 Å². The third kappa shape index (κ3) is 12.0. The number of hydrogen-bond acceptors (Lipinski definition) is 8. The van der Waals surface area contributed by atoms with Crippen LogP contribution in [-0.2, 0) is 36.8 Å². The first-order chi connectivity index (χ1) is 24.4. The molecule has 12 nitrogen and oxygen atoms in total. The topological polar surface area (TPSA) is 194 Å². The quantitative estimate of drug-likeness (QED) is 0.129. The molecule has 0 saturated carbocycles. The number of ketones is 1. The smallest absolute Gasteiger partial charge is 0.245 e. The van der Waals surface area contributed by atoms with E-state index in [1.807, 2.05) is 84.3 Å². The number of primary amides is 1. The first-order valence-corrected chi connectivity index (χ1v) is 18.4. The van der Waals surface area contributed by atoms with Crippen LogP contribution in [0.1, 0.15) is 69.9 Å². The lowest BCUT2D eigenvalue weighted by molar-refractivity contribution is -0.143. The van der Waals surface area contributed by atoms with E-state index < -0.39 is 35.9 Å². The van der Waals surface area contributed by atoms with Gasteiger partial charge in [-0.05, 0) is 75.0 Å². The fraction of sp³-hybridized carbons (Fsp3) is 0.564. The number of nitrogens with one attached hydrogen (secondary N) is 2. The van der Waals surface area contributed by atoms with E-state index in [-0.39, 0.29) is 55.0 Å². The summed E-state index contributed by atoms with van der Waals surface area (Å²) in [5.41, 5.74) is 19.3. The SMILES string of the molecule is CC(C)CC(CC(=O)C(Cc1ccccc1)NC(=O)C(N)Cc1ccccc1)C(=O)NC(CCCCN)C(=O)N1C2CCC1CN(CC(N)=O)C2. The van der Waals surface area contributed by atoms with E-state index in [0.29, 0.717) is 51.7 Å². The predicted octanol–water partition coefficient (Wildman–Crippen LogP) is 1.68. The number of nitrogens with zero attached hydrogens (tertiary/aromatic N) is 2. The van der Waals surface area contributed by atoms with Crippen molar-refractivity contribution in [3.05, 3.63) is 71.8 Å². The Kier molecular flexibility index (Phi) is 15.1. The van der Waals surface area contributed by atoms with E-state index in [1.165, 1.54) is 0 Å². The van der Waals surface area contributed by atoms with Crippen LogP contribution in [0.3, 0.4) is 0 Å². The van der Waals surface area contributed by atoms with Crippen LogP contribution in [0.2, 0.25) is 0 Å². The van der Waals surface area contributed by atoms with Gasteiger partial charge in [0.25, 0.3) is 0 Å². The second-order valence-corrected chi connectivity index (χ2v) is 14.7. The van der Waals surface area contributed by atoms with Crippen LogP contribution in [0, 0.1) is 11.8 Å². The molecule has 2 aromatic carbocycles. The standard InChI is InChI=1S/C39H57N7O5/c1-26(2)19-29(22-35(47)34(21-28-13-7-4-8-14-28)44-38(50)32(41)20-27-11-5-3-6-12-27)37(49)43-33(15-9-10-18-40)39(51)46-30-16-17-31(46)24-45(23-30)25-36(42)48/h3-8,11-14,26,29-34H,9-10,15-25,40-41H2,1-2H3,(H2,42,48)(H,43,49)(H,44,50). The zero-order valence-electron chi connectivity index (χ0n) is 30.2. The molecule has 2 bridgehead atoms. The Morgan fingerprint density at radius 2 is 1.37 bits per heavy atom. The lowest BCUT2D eigenvalue weighted by atomic mass is 9.88. The number of carbonyl (C=O) groups is 5. The summed E-state index contributed by atoms with van der Waals surface area (Å²) in [6.07, 6.45) is 4.34. The van der Waals surface area contributed by atoms with Crippen molar-refractivity contribution in [2.24, 2.45) is 29.0 Å². The van der Waals surface area contributed by atoms with Gasteiger partial charge in [0.1, 0.15) is 6.04 Å². The number of rotatable bonds is 20. The maximum Gasteiger partial charge on any atom is 0.245 e. The molecule has 278 valence electrons. The molecular weight excluding hydrogens is 646 g/mol. The summed E-state index contributed by atoms with van der Waals surface area (Å²) in [4.78, 5) is 71.1. The van der Waals surface area contributed by atoms with Crippen LogP contribution in [-0.4, -0.2) is 95.6 Å². The first-order valence-electron chi connectivity index (χ1n) is 18.4. The van der Waals surface area contributed by atoms with Crippen LogP contribution >= 0.6 is 0 Å². The monoisotopic (exact) mass is 703 g/mol. The van der Waals surface area contributed by atoms with Gasteiger partial charge in [-0.25, -0.2) is 0 Å². The van der Waals surface area contributed by atoms with E-state index >= 15 is 0 Å². The summed E-state index contributed by atoms with van der Waals surface area (Å²) in [6, 6.07) is 16.2. The maximum atomic E-state index is 14.2. The van der Waals surface area contributed by atoms with Gasteiger partial charge in [0.05, 0.1) is 18.6 Å². The number of hydrogen-bond donors (Lipinski definition) is 5. The fourth-order valence-corrected chi connectivity index (χ4v) is 7.49. The highest BCUT2D eigenvalue weighted by molar-refractivity contribution is 5.95. The van der Waals surface area contributed by atoms with Crippen molar-refractivity contribution in [1.29, 1.82) is 0 Å². The number of likely N-dealkylation sites (tertiary alicyclic amines) is 1. The molecule has 2 heterocycles. The van der Waals surface area contributed by atoms with Crippen LogP contribution < -0.4 is 27.8 Å². The molecule has 12 heteroatoms. The number of amides is 4. The van der Waals surface area contributed by atoms with Gasteiger partial charge in [-0.1, -0.05) is 74.5 Å². The number of piperazine rings is 1. The second kappa shape index (κ2) is 19.5. The Morgan fingerprint density at radius 1 is 0.804 bits per heavy atom. The number of nitrogens with two attached hydrogens (primary N) is 3. The normalized spacial score (nSPS) is 19.6.